The van der Waals surface area contributed by atoms with Crippen LogP contribution in [0, 0.1) is 5.92 Å². The number of hydrogen-bond acceptors (Lipinski definition) is 4. The van der Waals surface area contributed by atoms with E-state index in [4.69, 9.17) is 0 Å². The molecule has 0 saturated carbocycles. The van der Waals surface area contributed by atoms with E-state index < -0.39 is 0 Å². The van der Waals surface area contributed by atoms with Gasteiger partial charge >= 0.3 is 0 Å². The van der Waals surface area contributed by atoms with Crippen LogP contribution in [0.5, 0.6) is 0 Å². The molecule has 5 heteroatoms. The standard InChI is InChI=1S/C12H21N3OS/c1-5-13-9(4)10-7-17-12(14-10)15-11(16)6-8(2)3/h7-9,13H,5-6H2,1-4H3,(H,14,15,16). The summed E-state index contributed by atoms with van der Waals surface area (Å²) >= 11 is 1.48. The monoisotopic (exact) mass is 255 g/mol. The first-order valence-electron chi connectivity index (χ1n) is 6.01. The average Bonchev–Trinajstić information content (AvgIpc) is 2.65. The van der Waals surface area contributed by atoms with E-state index >= 15 is 0 Å². The molecular formula is C12H21N3OS. The Morgan fingerprint density at radius 2 is 2.18 bits per heavy atom. The number of hydrogen-bond donors (Lipinski definition) is 2. The number of nitrogens with one attached hydrogen (secondary N) is 2. The molecule has 1 aromatic heterocycles. The Bertz CT molecular complexity index is 362. The van der Waals surface area contributed by atoms with Crippen LogP contribution in [0.3, 0.4) is 0 Å². The Kier molecular flexibility index (Phi) is 5.58. The molecule has 1 unspecified atom stereocenters. The minimum Gasteiger partial charge on any atom is -0.309 e. The zero-order valence-electron chi connectivity index (χ0n) is 10.9. The van der Waals surface area contributed by atoms with Gasteiger partial charge in [-0.3, -0.25) is 4.79 Å². The predicted octanol–water partition coefficient (Wildman–Crippen LogP) is 2.80. The zero-order chi connectivity index (χ0) is 12.8. The van der Waals surface area contributed by atoms with Gasteiger partial charge in [0, 0.05) is 17.8 Å². The van der Waals surface area contributed by atoms with Crippen molar-refractivity contribution in [2.75, 3.05) is 11.9 Å². The van der Waals surface area contributed by atoms with Crippen LogP contribution in [0.1, 0.15) is 45.9 Å². The minimum atomic E-state index is 0.0389. The Balaban J connectivity index is 2.53. The Labute approximate surface area is 107 Å². The summed E-state index contributed by atoms with van der Waals surface area (Å²) in [6.45, 7) is 9.10. The highest BCUT2D eigenvalue weighted by molar-refractivity contribution is 7.13. The van der Waals surface area contributed by atoms with E-state index in [1.807, 2.05) is 19.2 Å². The molecule has 0 aliphatic rings. The number of aromatic nitrogens is 1. The van der Waals surface area contributed by atoms with Crippen LogP contribution in [0.4, 0.5) is 5.13 Å². The van der Waals surface area contributed by atoms with Crippen molar-refractivity contribution in [3.63, 3.8) is 0 Å². The van der Waals surface area contributed by atoms with Crippen molar-refractivity contribution >= 4 is 22.4 Å². The first-order valence-corrected chi connectivity index (χ1v) is 6.89. The summed E-state index contributed by atoms with van der Waals surface area (Å²) < 4.78 is 0. The fraction of sp³-hybridized carbons (Fsp3) is 0.667. The number of thiazole rings is 1. The summed E-state index contributed by atoms with van der Waals surface area (Å²) in [4.78, 5) is 16.0. The van der Waals surface area contributed by atoms with Gasteiger partial charge in [0.15, 0.2) is 5.13 Å². The van der Waals surface area contributed by atoms with Gasteiger partial charge in [0.1, 0.15) is 0 Å². The molecule has 0 saturated heterocycles. The highest BCUT2D eigenvalue weighted by atomic mass is 32.1. The molecule has 0 aliphatic heterocycles. The van der Waals surface area contributed by atoms with Gasteiger partial charge in [-0.1, -0.05) is 20.8 Å². The van der Waals surface area contributed by atoms with Gasteiger partial charge in [-0.2, -0.15) is 0 Å². The van der Waals surface area contributed by atoms with Gasteiger partial charge < -0.3 is 10.6 Å². The third-order valence-corrected chi connectivity index (χ3v) is 3.09. The topological polar surface area (TPSA) is 54.0 Å². The van der Waals surface area contributed by atoms with Crippen molar-refractivity contribution in [1.82, 2.24) is 10.3 Å². The number of carbonyl (C=O) groups excluding carboxylic acids is 1. The SMILES string of the molecule is CCNC(C)c1csc(NC(=O)CC(C)C)n1. The molecule has 0 aliphatic carbocycles. The lowest BCUT2D eigenvalue weighted by Gasteiger charge is -2.08. The van der Waals surface area contributed by atoms with Crippen LogP contribution in [0.25, 0.3) is 0 Å². The number of anilines is 1. The molecule has 1 atom stereocenters. The van der Waals surface area contributed by atoms with E-state index in [0.29, 0.717) is 17.5 Å². The summed E-state index contributed by atoms with van der Waals surface area (Å²) in [6.07, 6.45) is 0.539. The van der Waals surface area contributed by atoms with Crippen molar-refractivity contribution < 1.29 is 4.79 Å². The Hall–Kier alpha value is -0.940. The van der Waals surface area contributed by atoms with Crippen molar-refractivity contribution in [3.8, 4) is 0 Å². The second-order valence-electron chi connectivity index (χ2n) is 4.50. The molecule has 4 nitrogen and oxygen atoms in total. The lowest BCUT2D eigenvalue weighted by molar-refractivity contribution is -0.116. The van der Waals surface area contributed by atoms with E-state index in [2.05, 4.69) is 29.5 Å². The highest BCUT2D eigenvalue weighted by Gasteiger charge is 2.11. The maximum absolute atomic E-state index is 11.6. The largest absolute Gasteiger partial charge is 0.309 e. The first kappa shape index (κ1) is 14.1. The van der Waals surface area contributed by atoms with Crippen LogP contribution in [0.2, 0.25) is 0 Å². The first-order chi connectivity index (χ1) is 8.02. The smallest absolute Gasteiger partial charge is 0.226 e. The third kappa shape index (κ3) is 4.83. The molecule has 1 aromatic rings. The van der Waals surface area contributed by atoms with Gasteiger partial charge in [-0.05, 0) is 19.4 Å². The van der Waals surface area contributed by atoms with Crippen LogP contribution >= 0.6 is 11.3 Å². The molecule has 96 valence electrons. The van der Waals surface area contributed by atoms with Crippen molar-refractivity contribution in [3.05, 3.63) is 11.1 Å². The molecule has 1 heterocycles. The molecule has 17 heavy (non-hydrogen) atoms. The quantitative estimate of drug-likeness (QED) is 0.822. The number of nitrogens with zero attached hydrogens (tertiary/aromatic N) is 1. The third-order valence-electron chi connectivity index (χ3n) is 2.32. The van der Waals surface area contributed by atoms with Gasteiger partial charge in [0.05, 0.1) is 5.69 Å². The molecule has 1 amide bonds. The highest BCUT2D eigenvalue weighted by Crippen LogP contribution is 2.20. The summed E-state index contributed by atoms with van der Waals surface area (Å²) in [5.74, 6) is 0.409. The Morgan fingerprint density at radius 3 is 2.76 bits per heavy atom. The van der Waals surface area contributed by atoms with Gasteiger partial charge in [-0.25, -0.2) is 4.98 Å². The van der Waals surface area contributed by atoms with Crippen LogP contribution in [-0.2, 0) is 4.79 Å². The van der Waals surface area contributed by atoms with Gasteiger partial charge in [0.2, 0.25) is 5.91 Å². The van der Waals surface area contributed by atoms with Gasteiger partial charge in [0.25, 0.3) is 0 Å². The average molecular weight is 255 g/mol. The second kappa shape index (κ2) is 6.71. The molecule has 0 spiro atoms. The minimum absolute atomic E-state index is 0.0389. The van der Waals surface area contributed by atoms with E-state index in [1.165, 1.54) is 11.3 Å². The van der Waals surface area contributed by atoms with E-state index in [-0.39, 0.29) is 11.9 Å². The van der Waals surface area contributed by atoms with Gasteiger partial charge in [-0.15, -0.1) is 11.3 Å². The normalized spacial score (nSPS) is 12.8. The molecule has 2 N–H and O–H groups in total. The molecule has 0 fully saturated rings. The summed E-state index contributed by atoms with van der Waals surface area (Å²) in [5.41, 5.74) is 0.983. The molecule has 0 radical (unpaired) electrons. The van der Waals surface area contributed by atoms with Crippen LogP contribution in [-0.4, -0.2) is 17.4 Å². The van der Waals surface area contributed by atoms with E-state index in [1.54, 1.807) is 0 Å². The van der Waals surface area contributed by atoms with Crippen LogP contribution < -0.4 is 10.6 Å². The van der Waals surface area contributed by atoms with Crippen molar-refractivity contribution in [2.24, 2.45) is 5.92 Å². The summed E-state index contributed by atoms with van der Waals surface area (Å²) in [6, 6.07) is 0.229. The van der Waals surface area contributed by atoms with E-state index in [0.717, 1.165) is 12.2 Å². The fourth-order valence-corrected chi connectivity index (χ4v) is 2.31. The lowest BCUT2D eigenvalue weighted by atomic mass is 10.1. The molecule has 1 rings (SSSR count). The Morgan fingerprint density at radius 1 is 1.47 bits per heavy atom. The summed E-state index contributed by atoms with van der Waals surface area (Å²) in [7, 11) is 0. The molecular weight excluding hydrogens is 234 g/mol. The fourth-order valence-electron chi connectivity index (χ4n) is 1.49. The zero-order valence-corrected chi connectivity index (χ0v) is 11.7. The molecule has 0 bridgehead atoms. The predicted molar refractivity (Wildman–Crippen MR) is 72.3 cm³/mol. The second-order valence-corrected chi connectivity index (χ2v) is 5.36. The maximum atomic E-state index is 11.6. The maximum Gasteiger partial charge on any atom is 0.226 e. The van der Waals surface area contributed by atoms with E-state index in [9.17, 15) is 4.79 Å². The molecule has 0 aromatic carbocycles. The van der Waals surface area contributed by atoms with Crippen molar-refractivity contribution in [1.29, 1.82) is 0 Å². The number of rotatable bonds is 6. The number of carbonyl (C=O) groups is 1. The van der Waals surface area contributed by atoms with Crippen LogP contribution in [0.15, 0.2) is 5.38 Å². The lowest BCUT2D eigenvalue weighted by Crippen LogP contribution is -2.18. The van der Waals surface area contributed by atoms with Crippen molar-refractivity contribution in [2.45, 2.75) is 40.2 Å². The summed E-state index contributed by atoms with van der Waals surface area (Å²) in [5, 5.41) is 8.80. The number of amides is 1.